The maximum atomic E-state index is 10.5. The van der Waals surface area contributed by atoms with Crippen LogP contribution in [0.5, 0.6) is 11.5 Å². The molecular weight excluding hydrogens is 298 g/mol. The Morgan fingerprint density at radius 3 is 2.75 bits per heavy atom. The monoisotopic (exact) mass is 329 g/mol. The van der Waals surface area contributed by atoms with Crippen LogP contribution in [0, 0.1) is 6.92 Å². The third-order valence-corrected chi connectivity index (χ3v) is 4.79. The van der Waals surface area contributed by atoms with Crippen LogP contribution in [0.25, 0.3) is 0 Å². The standard InChI is InChI=1S/C18H25NO2.C3H6/c1-4-19-10-15-13(3)9-16(20)17(18(15)21-11-19)14-7-5-6-12(2)8-14;1-3-2/h8-9,14,20H,4-7,10-11H2,1-3H3;3H,1H2,2H3. The van der Waals surface area contributed by atoms with Crippen molar-refractivity contribution in [3.63, 3.8) is 0 Å². The van der Waals surface area contributed by atoms with E-state index < -0.39 is 0 Å². The number of hydrogen-bond donors (Lipinski definition) is 1. The van der Waals surface area contributed by atoms with Crippen LogP contribution in [0.4, 0.5) is 0 Å². The lowest BCUT2D eigenvalue weighted by atomic mass is 9.83. The molecule has 1 aromatic carbocycles. The number of phenolic OH excluding ortho intramolecular Hbond substituents is 1. The summed E-state index contributed by atoms with van der Waals surface area (Å²) in [5, 5.41) is 10.5. The van der Waals surface area contributed by atoms with Gasteiger partial charge in [-0.15, -0.1) is 6.58 Å². The molecule has 1 heterocycles. The Kier molecular flexibility index (Phi) is 6.50. The maximum Gasteiger partial charge on any atom is 0.142 e. The molecule has 1 unspecified atom stereocenters. The van der Waals surface area contributed by atoms with Crippen molar-refractivity contribution in [2.24, 2.45) is 0 Å². The molecule has 0 radical (unpaired) electrons. The van der Waals surface area contributed by atoms with E-state index in [9.17, 15) is 5.11 Å². The molecule has 0 saturated heterocycles. The van der Waals surface area contributed by atoms with Crippen LogP contribution in [0.2, 0.25) is 0 Å². The highest BCUT2D eigenvalue weighted by Crippen LogP contribution is 2.45. The molecule has 3 nitrogen and oxygen atoms in total. The van der Waals surface area contributed by atoms with E-state index in [1.165, 1.54) is 24.0 Å². The highest BCUT2D eigenvalue weighted by Gasteiger charge is 2.28. The second-order valence-electron chi connectivity index (χ2n) is 6.77. The molecule has 0 aromatic heterocycles. The Morgan fingerprint density at radius 2 is 2.12 bits per heavy atom. The number of hydrogen-bond acceptors (Lipinski definition) is 3. The Bertz CT molecular complexity index is 619. The summed E-state index contributed by atoms with van der Waals surface area (Å²) < 4.78 is 6.04. The summed E-state index contributed by atoms with van der Waals surface area (Å²) >= 11 is 0. The predicted octanol–water partition coefficient (Wildman–Crippen LogP) is 5.28. The minimum atomic E-state index is 0.293. The van der Waals surface area contributed by atoms with Crippen LogP contribution in [-0.2, 0) is 6.54 Å². The van der Waals surface area contributed by atoms with Gasteiger partial charge in [0.25, 0.3) is 0 Å². The van der Waals surface area contributed by atoms with Gasteiger partial charge in [0.15, 0.2) is 0 Å². The van der Waals surface area contributed by atoms with E-state index in [1.54, 1.807) is 6.08 Å². The molecule has 1 atom stereocenters. The van der Waals surface area contributed by atoms with Crippen molar-refractivity contribution in [3.05, 3.63) is 47.1 Å². The van der Waals surface area contributed by atoms with E-state index in [1.807, 2.05) is 13.0 Å². The summed E-state index contributed by atoms with van der Waals surface area (Å²) in [4.78, 5) is 2.28. The lowest BCUT2D eigenvalue weighted by molar-refractivity contribution is 0.0985. The summed E-state index contributed by atoms with van der Waals surface area (Å²) in [5.41, 5.74) is 4.80. The van der Waals surface area contributed by atoms with Crippen molar-refractivity contribution >= 4 is 0 Å². The van der Waals surface area contributed by atoms with E-state index in [0.717, 1.165) is 36.4 Å². The molecule has 1 N–H and O–H groups in total. The minimum Gasteiger partial charge on any atom is -0.507 e. The van der Waals surface area contributed by atoms with Crippen LogP contribution in [0.15, 0.2) is 30.4 Å². The second-order valence-corrected chi connectivity index (χ2v) is 6.77. The molecule has 3 heteroatoms. The van der Waals surface area contributed by atoms with Gasteiger partial charge in [-0.25, -0.2) is 0 Å². The van der Waals surface area contributed by atoms with E-state index >= 15 is 0 Å². The van der Waals surface area contributed by atoms with Crippen LogP contribution in [-0.4, -0.2) is 23.3 Å². The van der Waals surface area contributed by atoms with Crippen molar-refractivity contribution < 1.29 is 9.84 Å². The first kappa shape index (κ1) is 18.6. The van der Waals surface area contributed by atoms with Crippen molar-refractivity contribution in [1.82, 2.24) is 4.90 Å². The third-order valence-electron chi connectivity index (χ3n) is 4.79. The number of aryl methyl sites for hydroxylation is 1. The highest BCUT2D eigenvalue weighted by atomic mass is 16.5. The number of rotatable bonds is 2. The second kappa shape index (κ2) is 8.39. The lowest BCUT2D eigenvalue weighted by Crippen LogP contribution is -2.32. The highest BCUT2D eigenvalue weighted by molar-refractivity contribution is 5.57. The normalized spacial score (nSPS) is 20.2. The fourth-order valence-electron chi connectivity index (χ4n) is 3.51. The van der Waals surface area contributed by atoms with Gasteiger partial charge in [-0.05, 0) is 58.2 Å². The molecule has 2 aliphatic rings. The lowest BCUT2D eigenvalue weighted by Gasteiger charge is -2.33. The van der Waals surface area contributed by atoms with Crippen molar-refractivity contribution in [2.45, 2.75) is 59.4 Å². The third kappa shape index (κ3) is 4.02. The SMILES string of the molecule is C=CC.CCN1COc2c(c(C)cc(O)c2C2C=C(C)CCC2)C1. The Balaban J connectivity index is 0.000000647. The average Bonchev–Trinajstić information content (AvgIpc) is 2.55. The zero-order valence-corrected chi connectivity index (χ0v) is 15.6. The van der Waals surface area contributed by atoms with Crippen molar-refractivity contribution in [2.75, 3.05) is 13.3 Å². The summed E-state index contributed by atoms with van der Waals surface area (Å²) in [5.74, 6) is 1.63. The Morgan fingerprint density at radius 1 is 1.42 bits per heavy atom. The number of fused-ring (bicyclic) bond motifs is 1. The molecular formula is C21H31NO2. The van der Waals surface area contributed by atoms with Gasteiger partial charge in [0, 0.05) is 23.6 Å². The summed E-state index contributed by atoms with van der Waals surface area (Å²) in [6.45, 7) is 14.2. The number of allylic oxidation sites excluding steroid dienone is 3. The molecule has 1 aliphatic heterocycles. The largest absolute Gasteiger partial charge is 0.507 e. The molecule has 3 rings (SSSR count). The van der Waals surface area contributed by atoms with Gasteiger partial charge in [0.05, 0.1) is 0 Å². The summed E-state index contributed by atoms with van der Waals surface area (Å²) in [6.07, 6.45) is 7.52. The van der Waals surface area contributed by atoms with Crippen LogP contribution < -0.4 is 4.74 Å². The number of benzene rings is 1. The number of ether oxygens (including phenoxy) is 1. The van der Waals surface area contributed by atoms with Gasteiger partial charge in [-0.3, -0.25) is 4.90 Å². The Hall–Kier alpha value is -1.74. The number of nitrogens with zero attached hydrogens (tertiary/aromatic N) is 1. The zero-order chi connectivity index (χ0) is 17.7. The first-order valence-electron chi connectivity index (χ1n) is 8.96. The van der Waals surface area contributed by atoms with Crippen LogP contribution >= 0.6 is 0 Å². The van der Waals surface area contributed by atoms with Crippen LogP contribution in [0.3, 0.4) is 0 Å². The quantitative estimate of drug-likeness (QED) is 0.749. The van der Waals surface area contributed by atoms with Gasteiger partial charge >= 0.3 is 0 Å². The zero-order valence-electron chi connectivity index (χ0n) is 15.6. The van der Waals surface area contributed by atoms with Gasteiger partial charge < -0.3 is 9.84 Å². The van der Waals surface area contributed by atoms with Gasteiger partial charge in [0.2, 0.25) is 0 Å². The first-order valence-corrected chi connectivity index (χ1v) is 8.96. The van der Waals surface area contributed by atoms with Gasteiger partial charge in [-0.1, -0.05) is 24.6 Å². The molecule has 0 fully saturated rings. The van der Waals surface area contributed by atoms with E-state index in [2.05, 4.69) is 38.3 Å². The average molecular weight is 329 g/mol. The molecule has 0 amide bonds. The van der Waals surface area contributed by atoms with Crippen LogP contribution in [0.1, 0.15) is 62.6 Å². The van der Waals surface area contributed by atoms with Crippen molar-refractivity contribution in [1.29, 1.82) is 0 Å². The molecule has 0 saturated carbocycles. The summed E-state index contributed by atoms with van der Waals surface area (Å²) in [7, 11) is 0. The fourth-order valence-corrected chi connectivity index (χ4v) is 3.51. The molecule has 24 heavy (non-hydrogen) atoms. The van der Waals surface area contributed by atoms with E-state index in [0.29, 0.717) is 18.4 Å². The smallest absolute Gasteiger partial charge is 0.142 e. The predicted molar refractivity (Wildman–Crippen MR) is 101 cm³/mol. The minimum absolute atomic E-state index is 0.293. The Labute approximate surface area is 146 Å². The first-order chi connectivity index (χ1) is 11.5. The topological polar surface area (TPSA) is 32.7 Å². The molecule has 0 spiro atoms. The molecule has 1 aromatic rings. The fraction of sp³-hybridized carbons (Fsp3) is 0.524. The van der Waals surface area contributed by atoms with E-state index in [-0.39, 0.29) is 0 Å². The van der Waals surface area contributed by atoms with Gasteiger partial charge in [0.1, 0.15) is 18.2 Å². The number of aromatic hydroxyl groups is 1. The van der Waals surface area contributed by atoms with Crippen molar-refractivity contribution in [3.8, 4) is 11.5 Å². The number of phenols is 1. The van der Waals surface area contributed by atoms with Gasteiger partial charge in [-0.2, -0.15) is 0 Å². The molecule has 0 bridgehead atoms. The molecule has 1 aliphatic carbocycles. The molecule has 132 valence electrons. The summed E-state index contributed by atoms with van der Waals surface area (Å²) in [6, 6.07) is 1.91. The van der Waals surface area contributed by atoms with E-state index in [4.69, 9.17) is 4.74 Å². The maximum absolute atomic E-state index is 10.5.